The van der Waals surface area contributed by atoms with Crippen LogP contribution in [0.15, 0.2) is 15.1 Å². The predicted molar refractivity (Wildman–Crippen MR) is 75.7 cm³/mol. The number of ether oxygens (including phenoxy) is 1. The molecular weight excluding hydrogens is 306 g/mol. The molecule has 1 amide bonds. The van der Waals surface area contributed by atoms with Crippen molar-refractivity contribution in [2.24, 2.45) is 0 Å². The Morgan fingerprint density at radius 1 is 1.35 bits per heavy atom. The van der Waals surface area contributed by atoms with Crippen molar-refractivity contribution in [2.45, 2.75) is 32.9 Å². The molecule has 2 N–H and O–H groups in total. The van der Waals surface area contributed by atoms with Crippen LogP contribution in [0.4, 0.5) is 0 Å². The van der Waals surface area contributed by atoms with E-state index in [0.29, 0.717) is 11.7 Å². The molecule has 2 aromatic rings. The molecule has 23 heavy (non-hydrogen) atoms. The van der Waals surface area contributed by atoms with Gasteiger partial charge < -0.3 is 24.0 Å². The highest BCUT2D eigenvalue weighted by Gasteiger charge is 2.28. The molecule has 2 unspecified atom stereocenters. The lowest BCUT2D eigenvalue weighted by atomic mass is 10.1. The Labute approximate surface area is 131 Å². The Kier molecular flexibility index (Phi) is 4.80. The Bertz CT molecular complexity index is 718. The Hall–Kier alpha value is -2.68. The van der Waals surface area contributed by atoms with E-state index in [1.165, 1.54) is 14.0 Å². The van der Waals surface area contributed by atoms with Crippen molar-refractivity contribution in [3.63, 3.8) is 0 Å². The standard InChI is InChI=1S/C14H17N3O6/c1-6(18)10(13-16-9(5-22-13)14(20)21-4)17-12(19)11-7(2)23-8(3)15-11/h5-6,10,18H,1-4H3,(H,17,19). The number of aromatic nitrogens is 2. The van der Waals surface area contributed by atoms with Gasteiger partial charge >= 0.3 is 5.97 Å². The van der Waals surface area contributed by atoms with Crippen molar-refractivity contribution in [3.05, 3.63) is 35.2 Å². The number of amides is 1. The van der Waals surface area contributed by atoms with E-state index in [1.807, 2.05) is 0 Å². The molecule has 2 atom stereocenters. The Morgan fingerprint density at radius 3 is 2.57 bits per heavy atom. The average Bonchev–Trinajstić information content (AvgIpc) is 3.10. The van der Waals surface area contributed by atoms with Crippen LogP contribution in [-0.2, 0) is 4.74 Å². The van der Waals surface area contributed by atoms with Gasteiger partial charge in [-0.25, -0.2) is 14.8 Å². The zero-order valence-corrected chi connectivity index (χ0v) is 13.1. The van der Waals surface area contributed by atoms with Crippen LogP contribution in [0.25, 0.3) is 0 Å². The van der Waals surface area contributed by atoms with Crippen LogP contribution in [0.5, 0.6) is 0 Å². The molecule has 0 aliphatic rings. The van der Waals surface area contributed by atoms with E-state index < -0.39 is 24.0 Å². The number of rotatable bonds is 5. The van der Waals surface area contributed by atoms with E-state index in [9.17, 15) is 14.7 Å². The second kappa shape index (κ2) is 6.61. The van der Waals surface area contributed by atoms with E-state index in [0.717, 1.165) is 6.26 Å². The van der Waals surface area contributed by atoms with Crippen LogP contribution in [-0.4, -0.2) is 40.2 Å². The monoisotopic (exact) mass is 323 g/mol. The fourth-order valence-corrected chi connectivity index (χ4v) is 1.97. The quantitative estimate of drug-likeness (QED) is 0.777. The Balaban J connectivity index is 2.22. The molecule has 2 aromatic heterocycles. The highest BCUT2D eigenvalue weighted by atomic mass is 16.5. The second-order valence-corrected chi connectivity index (χ2v) is 4.89. The number of nitrogens with one attached hydrogen (secondary N) is 1. The highest BCUT2D eigenvalue weighted by Crippen LogP contribution is 2.19. The summed E-state index contributed by atoms with van der Waals surface area (Å²) in [5, 5.41) is 12.4. The molecule has 0 aliphatic carbocycles. The third kappa shape index (κ3) is 3.57. The molecule has 124 valence electrons. The number of aliphatic hydroxyl groups excluding tert-OH is 1. The first-order valence-electron chi connectivity index (χ1n) is 6.80. The topological polar surface area (TPSA) is 128 Å². The maximum atomic E-state index is 12.3. The molecule has 9 nitrogen and oxygen atoms in total. The third-order valence-electron chi connectivity index (χ3n) is 3.07. The fourth-order valence-electron chi connectivity index (χ4n) is 1.97. The molecule has 0 bridgehead atoms. The lowest BCUT2D eigenvalue weighted by Gasteiger charge is -2.17. The molecule has 2 rings (SSSR count). The summed E-state index contributed by atoms with van der Waals surface area (Å²) in [5.41, 5.74) is 0.0451. The van der Waals surface area contributed by atoms with Gasteiger partial charge in [0.25, 0.3) is 5.91 Å². The summed E-state index contributed by atoms with van der Waals surface area (Å²) in [6.07, 6.45) is 0.0742. The number of oxazole rings is 2. The smallest absolute Gasteiger partial charge is 0.360 e. The van der Waals surface area contributed by atoms with Gasteiger partial charge in [0.1, 0.15) is 18.1 Å². The highest BCUT2D eigenvalue weighted by molar-refractivity contribution is 5.93. The molecule has 0 saturated heterocycles. The number of methoxy groups -OCH3 is 1. The van der Waals surface area contributed by atoms with E-state index in [1.54, 1.807) is 13.8 Å². The van der Waals surface area contributed by atoms with E-state index in [2.05, 4.69) is 20.0 Å². The molecule has 0 radical (unpaired) electrons. The minimum atomic E-state index is -1.02. The summed E-state index contributed by atoms with van der Waals surface area (Å²) in [6.45, 7) is 4.67. The summed E-state index contributed by atoms with van der Waals surface area (Å²) in [4.78, 5) is 31.5. The molecule has 0 aromatic carbocycles. The number of aryl methyl sites for hydroxylation is 2. The summed E-state index contributed by atoms with van der Waals surface area (Å²) < 4.78 is 14.9. The van der Waals surface area contributed by atoms with E-state index >= 15 is 0 Å². The summed E-state index contributed by atoms with van der Waals surface area (Å²) in [7, 11) is 1.21. The number of hydrogen-bond acceptors (Lipinski definition) is 8. The summed E-state index contributed by atoms with van der Waals surface area (Å²) in [5.74, 6) is -0.550. The van der Waals surface area contributed by atoms with Gasteiger partial charge in [-0.15, -0.1) is 0 Å². The van der Waals surface area contributed by atoms with E-state index in [4.69, 9.17) is 8.83 Å². The zero-order valence-electron chi connectivity index (χ0n) is 13.1. The minimum absolute atomic E-state index is 0.0216. The van der Waals surface area contributed by atoms with Gasteiger partial charge in [0.05, 0.1) is 13.2 Å². The van der Waals surface area contributed by atoms with E-state index in [-0.39, 0.29) is 17.3 Å². The largest absolute Gasteiger partial charge is 0.464 e. The van der Waals surface area contributed by atoms with Crippen LogP contribution in [0.2, 0.25) is 0 Å². The molecule has 0 spiro atoms. The number of nitrogens with zero attached hydrogens (tertiary/aromatic N) is 2. The van der Waals surface area contributed by atoms with Gasteiger partial charge in [0, 0.05) is 6.92 Å². The third-order valence-corrected chi connectivity index (χ3v) is 3.07. The van der Waals surface area contributed by atoms with Crippen molar-refractivity contribution >= 4 is 11.9 Å². The van der Waals surface area contributed by atoms with Crippen LogP contribution in [0.3, 0.4) is 0 Å². The van der Waals surface area contributed by atoms with Gasteiger partial charge in [0.2, 0.25) is 5.89 Å². The lowest BCUT2D eigenvalue weighted by molar-refractivity contribution is 0.0593. The second-order valence-electron chi connectivity index (χ2n) is 4.89. The summed E-state index contributed by atoms with van der Waals surface area (Å²) >= 11 is 0. The molecule has 2 heterocycles. The normalized spacial score (nSPS) is 13.4. The van der Waals surface area contributed by atoms with Crippen LogP contribution >= 0.6 is 0 Å². The van der Waals surface area contributed by atoms with Crippen molar-refractivity contribution in [1.29, 1.82) is 0 Å². The minimum Gasteiger partial charge on any atom is -0.464 e. The van der Waals surface area contributed by atoms with Gasteiger partial charge in [0.15, 0.2) is 17.3 Å². The van der Waals surface area contributed by atoms with Crippen LogP contribution in [0.1, 0.15) is 51.5 Å². The van der Waals surface area contributed by atoms with Crippen molar-refractivity contribution in [2.75, 3.05) is 7.11 Å². The SMILES string of the molecule is COC(=O)c1coc(C(NC(=O)c2nc(C)oc2C)C(C)O)n1. The number of esters is 1. The Morgan fingerprint density at radius 2 is 2.04 bits per heavy atom. The van der Waals surface area contributed by atoms with Gasteiger partial charge in [-0.1, -0.05) is 0 Å². The van der Waals surface area contributed by atoms with Crippen molar-refractivity contribution < 1.29 is 28.3 Å². The fraction of sp³-hybridized carbons (Fsp3) is 0.429. The number of carbonyl (C=O) groups is 2. The van der Waals surface area contributed by atoms with Gasteiger partial charge in [-0.3, -0.25) is 4.79 Å². The average molecular weight is 323 g/mol. The van der Waals surface area contributed by atoms with Gasteiger partial charge in [-0.2, -0.15) is 0 Å². The molecule has 9 heteroatoms. The van der Waals surface area contributed by atoms with Crippen molar-refractivity contribution in [3.8, 4) is 0 Å². The number of carbonyl (C=O) groups excluding carboxylic acids is 2. The molecule has 0 fully saturated rings. The zero-order chi connectivity index (χ0) is 17.1. The number of hydrogen-bond donors (Lipinski definition) is 2. The lowest BCUT2D eigenvalue weighted by Crippen LogP contribution is -2.35. The molecule has 0 aliphatic heterocycles. The first-order valence-corrected chi connectivity index (χ1v) is 6.80. The van der Waals surface area contributed by atoms with Crippen LogP contribution in [0, 0.1) is 13.8 Å². The maximum absolute atomic E-state index is 12.3. The summed E-state index contributed by atoms with van der Waals surface area (Å²) in [6, 6.07) is -0.961. The first kappa shape index (κ1) is 16.7. The molecular formula is C14H17N3O6. The van der Waals surface area contributed by atoms with Gasteiger partial charge in [-0.05, 0) is 13.8 Å². The first-order chi connectivity index (χ1) is 10.8. The maximum Gasteiger partial charge on any atom is 0.360 e. The number of aliphatic hydroxyl groups is 1. The predicted octanol–water partition coefficient (Wildman–Crippen LogP) is 0.918. The van der Waals surface area contributed by atoms with Crippen LogP contribution < -0.4 is 5.32 Å². The van der Waals surface area contributed by atoms with Crippen molar-refractivity contribution in [1.82, 2.24) is 15.3 Å². The molecule has 0 saturated carbocycles.